The van der Waals surface area contributed by atoms with Gasteiger partial charge in [0, 0.05) is 5.92 Å². The largest absolute Gasteiger partial charge is 0.390 e. The number of ketones is 1. The number of rotatable bonds is 7. The molecule has 1 aromatic carbocycles. The minimum Gasteiger partial charge on any atom is -0.390 e. The van der Waals surface area contributed by atoms with Crippen LogP contribution in [0.4, 0.5) is 0 Å². The zero-order valence-electron chi connectivity index (χ0n) is 13.2. The first-order valence-corrected chi connectivity index (χ1v) is 7.18. The molecule has 0 saturated heterocycles. The molecule has 0 amide bonds. The highest BCUT2D eigenvalue weighted by Crippen LogP contribution is 2.14. The summed E-state index contributed by atoms with van der Waals surface area (Å²) in [5.74, 6) is -0.116. The van der Waals surface area contributed by atoms with Crippen molar-refractivity contribution in [3.05, 3.63) is 54.1 Å². The Kier molecular flexibility index (Phi) is 7.06. The molecule has 0 spiro atoms. The molecule has 1 aromatic rings. The first-order valence-electron chi connectivity index (χ1n) is 7.18. The Hall–Kier alpha value is -1.71. The van der Waals surface area contributed by atoms with E-state index in [2.05, 4.69) is 0 Å². The summed E-state index contributed by atoms with van der Waals surface area (Å²) in [6.07, 6.45) is 7.07. The van der Waals surface area contributed by atoms with E-state index in [1.165, 1.54) is 6.92 Å². The van der Waals surface area contributed by atoms with Crippen LogP contribution in [0.5, 0.6) is 0 Å². The first-order chi connectivity index (χ1) is 9.93. The second kappa shape index (κ2) is 8.55. The molecule has 0 saturated carbocycles. The molecule has 21 heavy (non-hydrogen) atoms. The fourth-order valence-corrected chi connectivity index (χ4v) is 2.28. The summed E-state index contributed by atoms with van der Waals surface area (Å²) >= 11 is 0. The van der Waals surface area contributed by atoms with Crippen LogP contribution in [0.3, 0.4) is 0 Å². The lowest BCUT2D eigenvalue weighted by Gasteiger charge is -2.29. The predicted octanol–water partition coefficient (Wildman–Crippen LogP) is 2.77. The van der Waals surface area contributed by atoms with Gasteiger partial charge < -0.3 is 5.11 Å². The summed E-state index contributed by atoms with van der Waals surface area (Å²) in [4.78, 5) is 13.4. The van der Waals surface area contributed by atoms with Gasteiger partial charge in [0.1, 0.15) is 5.78 Å². The number of Topliss-reactive ketones (excluding diaryl/α,β-unsaturated/α-hetero) is 1. The topological polar surface area (TPSA) is 40.5 Å². The lowest BCUT2D eigenvalue weighted by atomic mass is 9.94. The molecule has 0 bridgehead atoms. The van der Waals surface area contributed by atoms with Gasteiger partial charge in [-0.1, -0.05) is 61.6 Å². The van der Waals surface area contributed by atoms with Crippen molar-refractivity contribution >= 4 is 11.9 Å². The molecule has 0 aliphatic carbocycles. The molecule has 114 valence electrons. The van der Waals surface area contributed by atoms with Crippen molar-refractivity contribution < 1.29 is 9.90 Å². The third-order valence-electron chi connectivity index (χ3n) is 3.45. The molecule has 0 fully saturated rings. The Balaban J connectivity index is 2.63. The van der Waals surface area contributed by atoms with Crippen LogP contribution < -0.4 is 0 Å². The van der Waals surface area contributed by atoms with Crippen molar-refractivity contribution in [2.75, 3.05) is 14.1 Å². The molecular formula is C18H25NO2. The second-order valence-corrected chi connectivity index (χ2v) is 5.52. The van der Waals surface area contributed by atoms with E-state index >= 15 is 0 Å². The zero-order chi connectivity index (χ0) is 15.8. The third-order valence-corrected chi connectivity index (χ3v) is 3.45. The van der Waals surface area contributed by atoms with Gasteiger partial charge in [-0.05, 0) is 26.6 Å². The Labute approximate surface area is 127 Å². The molecule has 3 heteroatoms. The van der Waals surface area contributed by atoms with E-state index in [0.29, 0.717) is 0 Å². The number of aliphatic hydroxyl groups is 1. The predicted molar refractivity (Wildman–Crippen MR) is 87.9 cm³/mol. The van der Waals surface area contributed by atoms with Gasteiger partial charge >= 0.3 is 0 Å². The fraction of sp³-hybridized carbons (Fsp3) is 0.389. The van der Waals surface area contributed by atoms with Crippen molar-refractivity contribution in [3.63, 3.8) is 0 Å². The van der Waals surface area contributed by atoms with Gasteiger partial charge in [0.15, 0.2) is 0 Å². The van der Waals surface area contributed by atoms with Crippen LogP contribution in [0.25, 0.3) is 6.08 Å². The summed E-state index contributed by atoms with van der Waals surface area (Å²) in [5, 5.41) is 10.3. The van der Waals surface area contributed by atoms with Crippen LogP contribution in [0.1, 0.15) is 19.4 Å². The number of hydrogen-bond acceptors (Lipinski definition) is 3. The van der Waals surface area contributed by atoms with Crippen LogP contribution in [-0.4, -0.2) is 42.0 Å². The number of carbonyl (C=O) groups is 1. The van der Waals surface area contributed by atoms with Crippen molar-refractivity contribution in [1.29, 1.82) is 0 Å². The van der Waals surface area contributed by atoms with E-state index < -0.39 is 12.1 Å². The third kappa shape index (κ3) is 5.66. The van der Waals surface area contributed by atoms with Crippen LogP contribution in [-0.2, 0) is 4.79 Å². The molecular weight excluding hydrogens is 262 g/mol. The number of aliphatic hydroxyl groups excluding tert-OH is 1. The maximum absolute atomic E-state index is 11.6. The van der Waals surface area contributed by atoms with Gasteiger partial charge in [0.05, 0.1) is 12.1 Å². The molecule has 0 heterocycles. The minimum atomic E-state index is -0.709. The summed E-state index contributed by atoms with van der Waals surface area (Å²) in [7, 11) is 3.61. The van der Waals surface area contributed by atoms with Gasteiger partial charge in [-0.3, -0.25) is 9.69 Å². The Morgan fingerprint density at radius 1 is 1.19 bits per heavy atom. The van der Waals surface area contributed by atoms with Gasteiger partial charge in [0.2, 0.25) is 0 Å². The number of carbonyl (C=O) groups excluding carboxylic acids is 1. The first kappa shape index (κ1) is 17.3. The average Bonchev–Trinajstić information content (AvgIpc) is 2.43. The molecule has 1 N–H and O–H groups in total. The van der Waals surface area contributed by atoms with Crippen molar-refractivity contribution in [2.24, 2.45) is 5.92 Å². The highest BCUT2D eigenvalue weighted by Gasteiger charge is 2.28. The molecule has 0 aliphatic heterocycles. The summed E-state index contributed by atoms with van der Waals surface area (Å²) in [6.45, 7) is 3.43. The van der Waals surface area contributed by atoms with Gasteiger partial charge in [-0.2, -0.15) is 0 Å². The van der Waals surface area contributed by atoms with Crippen LogP contribution >= 0.6 is 0 Å². The quantitative estimate of drug-likeness (QED) is 0.784. The van der Waals surface area contributed by atoms with Crippen LogP contribution in [0.2, 0.25) is 0 Å². The van der Waals surface area contributed by atoms with Crippen LogP contribution in [0, 0.1) is 5.92 Å². The monoisotopic (exact) mass is 287 g/mol. The van der Waals surface area contributed by atoms with E-state index in [0.717, 1.165) is 5.56 Å². The number of nitrogens with zero attached hydrogens (tertiary/aromatic N) is 1. The highest BCUT2D eigenvalue weighted by molar-refractivity contribution is 5.82. The molecule has 0 unspecified atom stereocenters. The van der Waals surface area contributed by atoms with E-state index in [4.69, 9.17) is 0 Å². The Morgan fingerprint density at radius 2 is 1.81 bits per heavy atom. The number of benzene rings is 1. The smallest absolute Gasteiger partial charge is 0.149 e. The number of likely N-dealkylation sites (N-methyl/N-ethyl adjacent to an activating group) is 1. The van der Waals surface area contributed by atoms with E-state index in [1.807, 2.05) is 61.6 Å². The highest BCUT2D eigenvalue weighted by atomic mass is 16.3. The molecule has 3 nitrogen and oxygen atoms in total. The fourth-order valence-electron chi connectivity index (χ4n) is 2.28. The van der Waals surface area contributed by atoms with Crippen LogP contribution in [0.15, 0.2) is 48.6 Å². The lowest BCUT2D eigenvalue weighted by molar-refractivity contribution is -0.125. The second-order valence-electron chi connectivity index (χ2n) is 5.52. The van der Waals surface area contributed by atoms with E-state index in [9.17, 15) is 9.90 Å². The normalized spacial score (nSPS) is 16.5. The zero-order valence-corrected chi connectivity index (χ0v) is 13.2. The Bertz CT molecular complexity index is 491. The lowest BCUT2D eigenvalue weighted by Crippen LogP contribution is -2.46. The SMILES string of the molecule is CC(=O)[C@H]([C@H](O)[C@H](C)/C=C/C=C/c1ccccc1)N(C)C. The van der Waals surface area contributed by atoms with E-state index in [-0.39, 0.29) is 11.7 Å². The average molecular weight is 287 g/mol. The molecule has 0 aromatic heterocycles. The van der Waals surface area contributed by atoms with Gasteiger partial charge in [-0.25, -0.2) is 0 Å². The summed E-state index contributed by atoms with van der Waals surface area (Å²) < 4.78 is 0. The molecule has 0 radical (unpaired) electrons. The van der Waals surface area contributed by atoms with Crippen molar-refractivity contribution in [1.82, 2.24) is 4.90 Å². The minimum absolute atomic E-state index is 0.0208. The molecule has 3 atom stereocenters. The summed E-state index contributed by atoms with van der Waals surface area (Å²) in [5.41, 5.74) is 1.13. The van der Waals surface area contributed by atoms with Gasteiger partial charge in [0.25, 0.3) is 0 Å². The number of hydrogen-bond donors (Lipinski definition) is 1. The maximum Gasteiger partial charge on any atom is 0.149 e. The Morgan fingerprint density at radius 3 is 2.33 bits per heavy atom. The van der Waals surface area contributed by atoms with Gasteiger partial charge in [-0.15, -0.1) is 0 Å². The standard InChI is InChI=1S/C18H25NO2/c1-14(18(21)17(15(2)20)19(3)4)10-8-9-13-16-11-6-5-7-12-16/h5-14,17-18,21H,1-4H3/b10-8+,13-9+/t14-,17-,18-/m1/s1. The number of allylic oxidation sites excluding steroid dienone is 2. The van der Waals surface area contributed by atoms with Crippen molar-refractivity contribution in [3.8, 4) is 0 Å². The molecule has 0 aliphatic rings. The molecule has 1 rings (SSSR count). The van der Waals surface area contributed by atoms with E-state index in [1.54, 1.807) is 19.0 Å². The summed E-state index contributed by atoms with van der Waals surface area (Å²) in [6, 6.07) is 9.55. The van der Waals surface area contributed by atoms with Crippen molar-refractivity contribution in [2.45, 2.75) is 26.0 Å². The maximum atomic E-state index is 11.6.